The predicted molar refractivity (Wildman–Crippen MR) is 123 cm³/mol. The number of likely N-dealkylation sites (N-methyl/N-ethyl adjacent to an activating group) is 1. The molecule has 2 aliphatic rings. The minimum absolute atomic E-state index is 0.0957. The van der Waals surface area contributed by atoms with E-state index in [1.165, 1.54) is 5.56 Å². The molecule has 2 aromatic rings. The maximum Gasteiger partial charge on any atom is 0.419 e. The highest BCUT2D eigenvalue weighted by molar-refractivity contribution is 5.89. The first-order chi connectivity index (χ1) is 16.6. The fourth-order valence-corrected chi connectivity index (χ4v) is 5.57. The van der Waals surface area contributed by atoms with Crippen LogP contribution in [0, 0.1) is 5.82 Å². The summed E-state index contributed by atoms with van der Waals surface area (Å²) in [6, 6.07) is 7.81. The Kier molecular flexibility index (Phi) is 6.86. The van der Waals surface area contributed by atoms with E-state index in [1.807, 2.05) is 12.1 Å². The van der Waals surface area contributed by atoms with Crippen molar-refractivity contribution in [2.24, 2.45) is 0 Å². The molecule has 0 aromatic heterocycles. The molecule has 2 amide bonds. The van der Waals surface area contributed by atoms with E-state index in [4.69, 9.17) is 9.47 Å². The Morgan fingerprint density at radius 3 is 2.51 bits per heavy atom. The van der Waals surface area contributed by atoms with Gasteiger partial charge in [0.05, 0.1) is 19.8 Å². The number of benzene rings is 2. The molecule has 6 nitrogen and oxygen atoms in total. The lowest BCUT2D eigenvalue weighted by atomic mass is 9.65. The number of anilines is 1. The summed E-state index contributed by atoms with van der Waals surface area (Å²) in [6.07, 6.45) is -1.64. The summed E-state index contributed by atoms with van der Waals surface area (Å²) in [7, 11) is 5.27. The summed E-state index contributed by atoms with van der Waals surface area (Å²) < 4.78 is 63.4. The summed E-state index contributed by atoms with van der Waals surface area (Å²) in [4.78, 5) is 14.9. The van der Waals surface area contributed by atoms with Crippen LogP contribution in [0.5, 0.6) is 11.5 Å². The third-order valence-electron chi connectivity index (χ3n) is 7.35. The molecule has 2 fully saturated rings. The van der Waals surface area contributed by atoms with Crippen LogP contribution in [0.4, 0.5) is 28.0 Å². The Labute approximate surface area is 201 Å². The van der Waals surface area contributed by atoms with Crippen molar-refractivity contribution >= 4 is 11.7 Å². The van der Waals surface area contributed by atoms with Gasteiger partial charge >= 0.3 is 12.2 Å². The monoisotopic (exact) mass is 495 g/mol. The highest BCUT2D eigenvalue weighted by Crippen LogP contribution is 2.49. The molecular formula is C25H29F4N3O3. The van der Waals surface area contributed by atoms with Gasteiger partial charge in [0.25, 0.3) is 0 Å². The number of hydrogen-bond acceptors (Lipinski definition) is 4. The molecule has 0 radical (unpaired) electrons. The number of halogens is 4. The quantitative estimate of drug-likeness (QED) is 0.562. The van der Waals surface area contributed by atoms with Gasteiger partial charge in [0.15, 0.2) is 11.5 Å². The van der Waals surface area contributed by atoms with E-state index in [0.29, 0.717) is 36.5 Å². The van der Waals surface area contributed by atoms with E-state index in [9.17, 15) is 22.4 Å². The van der Waals surface area contributed by atoms with Gasteiger partial charge in [0.2, 0.25) is 0 Å². The van der Waals surface area contributed by atoms with Gasteiger partial charge in [-0.25, -0.2) is 9.18 Å². The van der Waals surface area contributed by atoms with Crippen LogP contribution in [0.25, 0.3) is 0 Å². The second kappa shape index (κ2) is 9.56. The molecule has 0 spiro atoms. The van der Waals surface area contributed by atoms with Crippen LogP contribution >= 0.6 is 0 Å². The van der Waals surface area contributed by atoms with Gasteiger partial charge in [-0.1, -0.05) is 6.07 Å². The maximum atomic E-state index is 13.5. The highest BCUT2D eigenvalue weighted by atomic mass is 19.4. The van der Waals surface area contributed by atoms with Crippen molar-refractivity contribution in [1.29, 1.82) is 0 Å². The van der Waals surface area contributed by atoms with E-state index >= 15 is 0 Å². The number of hydrogen-bond donors (Lipinski definition) is 2. The topological polar surface area (TPSA) is 62.8 Å². The number of carbonyl (C=O) groups is 1. The van der Waals surface area contributed by atoms with Crippen molar-refractivity contribution < 1.29 is 31.8 Å². The first kappa shape index (κ1) is 25.1. The van der Waals surface area contributed by atoms with Crippen LogP contribution in [-0.2, 0) is 11.6 Å². The van der Waals surface area contributed by atoms with Crippen molar-refractivity contribution in [3.05, 3.63) is 53.3 Å². The lowest BCUT2D eigenvalue weighted by Gasteiger charge is -2.45. The molecule has 3 atom stereocenters. The SMILES string of the molecule is COc1ccc([C@@]23CC[C@@H](NC(=O)Nc4ccc(F)c(C(F)(F)F)c4)C[C@@H]2N(C)CC3)cc1OC. The lowest BCUT2D eigenvalue weighted by Crippen LogP contribution is -2.52. The Morgan fingerprint density at radius 1 is 1.09 bits per heavy atom. The Bertz CT molecular complexity index is 1090. The van der Waals surface area contributed by atoms with Gasteiger partial charge in [0.1, 0.15) is 5.82 Å². The molecule has 1 heterocycles. The zero-order valence-corrected chi connectivity index (χ0v) is 19.8. The van der Waals surface area contributed by atoms with Crippen LogP contribution in [0.15, 0.2) is 36.4 Å². The molecule has 35 heavy (non-hydrogen) atoms. The van der Waals surface area contributed by atoms with Crippen LogP contribution < -0.4 is 20.1 Å². The summed E-state index contributed by atoms with van der Waals surface area (Å²) in [5.41, 5.74) is -0.468. The van der Waals surface area contributed by atoms with Crippen LogP contribution in [0.2, 0.25) is 0 Å². The van der Waals surface area contributed by atoms with Crippen LogP contribution in [0.3, 0.4) is 0 Å². The predicted octanol–water partition coefficient (Wildman–Crippen LogP) is 5.18. The molecule has 1 saturated heterocycles. The van der Waals surface area contributed by atoms with Crippen molar-refractivity contribution in [1.82, 2.24) is 10.2 Å². The van der Waals surface area contributed by atoms with E-state index < -0.39 is 23.6 Å². The number of nitrogens with one attached hydrogen (secondary N) is 2. The molecule has 1 aliphatic heterocycles. The molecule has 0 bridgehead atoms. The molecule has 4 rings (SSSR count). The number of likely N-dealkylation sites (tertiary alicyclic amines) is 1. The second-order valence-electron chi connectivity index (χ2n) is 9.23. The molecule has 10 heteroatoms. The van der Waals surface area contributed by atoms with Crippen molar-refractivity contribution in [3.63, 3.8) is 0 Å². The Hall–Kier alpha value is -3.01. The van der Waals surface area contributed by atoms with Crippen LogP contribution in [0.1, 0.15) is 36.8 Å². The molecule has 190 valence electrons. The Balaban J connectivity index is 1.47. The number of ether oxygens (including phenoxy) is 2. The number of fused-ring (bicyclic) bond motifs is 1. The fraction of sp³-hybridized carbons (Fsp3) is 0.480. The van der Waals surface area contributed by atoms with Gasteiger partial charge in [-0.3, -0.25) is 0 Å². The number of carbonyl (C=O) groups excluding carboxylic acids is 1. The second-order valence-corrected chi connectivity index (χ2v) is 9.23. The lowest BCUT2D eigenvalue weighted by molar-refractivity contribution is -0.139. The number of rotatable bonds is 5. The van der Waals surface area contributed by atoms with Gasteiger partial charge in [-0.15, -0.1) is 0 Å². The standard InChI is InChI=1S/C25H29F4N3O3/c1-32-11-10-24(15-4-7-20(34-2)21(12-15)35-3)9-8-17(14-22(24)32)31-23(33)30-16-5-6-19(26)18(13-16)25(27,28)29/h4-7,12-13,17,22H,8-11,14H2,1-3H3,(H2,30,31,33)/t17-,22+,24+/m1/s1. The first-order valence-electron chi connectivity index (χ1n) is 11.4. The smallest absolute Gasteiger partial charge is 0.419 e. The average molecular weight is 496 g/mol. The minimum atomic E-state index is -4.85. The van der Waals surface area contributed by atoms with E-state index in [2.05, 4.69) is 28.6 Å². The summed E-state index contributed by atoms with van der Waals surface area (Å²) >= 11 is 0. The zero-order valence-electron chi connectivity index (χ0n) is 19.8. The van der Waals surface area contributed by atoms with Crippen molar-refractivity contribution in [2.45, 2.75) is 49.4 Å². The van der Waals surface area contributed by atoms with Crippen molar-refractivity contribution in [3.8, 4) is 11.5 Å². The summed E-state index contributed by atoms with van der Waals surface area (Å²) in [5, 5.41) is 5.29. The third kappa shape index (κ3) is 4.89. The van der Waals surface area contributed by atoms with Gasteiger partial charge < -0.3 is 25.0 Å². The Morgan fingerprint density at radius 2 is 1.83 bits per heavy atom. The van der Waals surface area contributed by atoms with Crippen molar-refractivity contribution in [2.75, 3.05) is 33.1 Å². The molecule has 1 saturated carbocycles. The number of amides is 2. The summed E-state index contributed by atoms with van der Waals surface area (Å²) in [5.74, 6) is -0.0478. The largest absolute Gasteiger partial charge is 0.493 e. The summed E-state index contributed by atoms with van der Waals surface area (Å²) in [6.45, 7) is 0.910. The average Bonchev–Trinajstić information content (AvgIpc) is 3.16. The van der Waals surface area contributed by atoms with E-state index in [-0.39, 0.29) is 23.2 Å². The van der Waals surface area contributed by atoms with E-state index in [1.54, 1.807) is 14.2 Å². The van der Waals surface area contributed by atoms with Gasteiger partial charge in [-0.2, -0.15) is 13.2 Å². The maximum absolute atomic E-state index is 13.5. The molecule has 2 N–H and O–H groups in total. The third-order valence-corrected chi connectivity index (χ3v) is 7.35. The molecule has 0 unspecified atom stereocenters. The number of alkyl halides is 3. The number of urea groups is 1. The molecular weight excluding hydrogens is 466 g/mol. The normalized spacial score (nSPS) is 24.5. The van der Waals surface area contributed by atoms with Crippen LogP contribution in [-0.4, -0.2) is 50.8 Å². The highest BCUT2D eigenvalue weighted by Gasteiger charge is 2.50. The number of methoxy groups -OCH3 is 2. The number of nitrogens with zero attached hydrogens (tertiary/aromatic N) is 1. The fourth-order valence-electron chi connectivity index (χ4n) is 5.57. The van der Waals surface area contributed by atoms with Gasteiger partial charge in [0, 0.05) is 23.2 Å². The van der Waals surface area contributed by atoms with Gasteiger partial charge in [-0.05, 0) is 75.2 Å². The minimum Gasteiger partial charge on any atom is -0.493 e. The van der Waals surface area contributed by atoms with E-state index in [0.717, 1.165) is 25.5 Å². The molecule has 1 aliphatic carbocycles. The molecule has 2 aromatic carbocycles. The zero-order chi connectivity index (χ0) is 25.4. The first-order valence-corrected chi connectivity index (χ1v) is 11.4.